The molecule has 12 heteroatoms. The molecule has 0 aromatic carbocycles. The van der Waals surface area contributed by atoms with Gasteiger partial charge < -0.3 is 25.2 Å². The van der Waals surface area contributed by atoms with Gasteiger partial charge in [-0.15, -0.1) is 0 Å². The summed E-state index contributed by atoms with van der Waals surface area (Å²) < 4.78 is 26.7. The number of hydrogen-bond acceptors (Lipinski definition) is 8. The zero-order chi connectivity index (χ0) is 36.4. The molecule has 3 unspecified atom stereocenters. The Morgan fingerprint density at radius 1 is 0.653 bits per heavy atom. The quantitative estimate of drug-likeness (QED) is 0.0215. The van der Waals surface area contributed by atoms with Gasteiger partial charge in [0.25, 0.3) is 0 Å². The van der Waals surface area contributed by atoms with E-state index < -0.39 is 57.6 Å². The highest BCUT2D eigenvalue weighted by atomic mass is 31.2. The van der Waals surface area contributed by atoms with Crippen molar-refractivity contribution in [2.75, 3.05) is 19.8 Å². The molecule has 11 nitrogen and oxygen atoms in total. The molecular weight excluding hydrogens is 649 g/mol. The first kappa shape index (κ1) is 47.0. The van der Waals surface area contributed by atoms with E-state index in [2.05, 4.69) is 43.5 Å². The number of ether oxygens (including phenoxy) is 1. The highest BCUT2D eigenvalue weighted by Crippen LogP contribution is 2.43. The SMILES string of the molecule is CCCC/C=C\C/C=C\CCCCCCCC(=O)OCC(O)COP(=O)(O)OCC(NC(=O)CCCCCCCCCCCCC)C(=O)O. The Kier molecular flexibility index (Phi) is 31.7. The number of carbonyl (C=O) groups is 3. The van der Waals surface area contributed by atoms with Crippen molar-refractivity contribution in [3.63, 3.8) is 0 Å². The molecule has 0 bridgehead atoms. The van der Waals surface area contributed by atoms with Gasteiger partial charge in [-0.05, 0) is 38.5 Å². The summed E-state index contributed by atoms with van der Waals surface area (Å²) in [5, 5.41) is 21.7. The van der Waals surface area contributed by atoms with Gasteiger partial charge in [0.05, 0.1) is 13.2 Å². The highest BCUT2D eigenvalue weighted by molar-refractivity contribution is 7.47. The van der Waals surface area contributed by atoms with Crippen LogP contribution in [0.5, 0.6) is 0 Å². The van der Waals surface area contributed by atoms with Crippen molar-refractivity contribution in [3.05, 3.63) is 24.3 Å². The Morgan fingerprint density at radius 3 is 1.71 bits per heavy atom. The van der Waals surface area contributed by atoms with Gasteiger partial charge in [0.1, 0.15) is 12.7 Å². The van der Waals surface area contributed by atoms with Gasteiger partial charge in [0, 0.05) is 12.8 Å². The van der Waals surface area contributed by atoms with Crippen molar-refractivity contribution in [2.45, 2.75) is 174 Å². The first-order chi connectivity index (χ1) is 23.6. The number of esters is 1. The zero-order valence-electron chi connectivity index (χ0n) is 30.5. The number of phosphoric ester groups is 1. The summed E-state index contributed by atoms with van der Waals surface area (Å²) in [7, 11) is -4.75. The second kappa shape index (κ2) is 33.1. The molecule has 0 saturated heterocycles. The number of carboxylic acids is 1. The van der Waals surface area contributed by atoms with Crippen LogP contribution >= 0.6 is 7.82 Å². The summed E-state index contributed by atoms with van der Waals surface area (Å²) in [6.07, 6.45) is 30.7. The zero-order valence-corrected chi connectivity index (χ0v) is 31.4. The van der Waals surface area contributed by atoms with Crippen molar-refractivity contribution in [1.29, 1.82) is 0 Å². The number of carboxylic acid groups (broad SMARTS) is 1. The third kappa shape index (κ3) is 32.9. The maximum absolute atomic E-state index is 12.2. The maximum atomic E-state index is 12.2. The second-order valence-corrected chi connectivity index (χ2v) is 14.2. The second-order valence-electron chi connectivity index (χ2n) is 12.8. The minimum absolute atomic E-state index is 0.147. The molecule has 0 spiro atoms. The number of rotatable bonds is 35. The number of amides is 1. The average molecular weight is 718 g/mol. The molecule has 0 aliphatic rings. The first-order valence-electron chi connectivity index (χ1n) is 18.9. The molecule has 0 aliphatic heterocycles. The number of carbonyl (C=O) groups excluding carboxylic acids is 2. The number of aliphatic carboxylic acids is 1. The number of aliphatic hydroxyl groups is 1. The lowest BCUT2D eigenvalue weighted by molar-refractivity contribution is -0.147. The van der Waals surface area contributed by atoms with Crippen molar-refractivity contribution < 1.29 is 47.8 Å². The van der Waals surface area contributed by atoms with Crippen LogP contribution in [0.15, 0.2) is 24.3 Å². The van der Waals surface area contributed by atoms with Crippen LogP contribution in [0.1, 0.15) is 162 Å². The highest BCUT2D eigenvalue weighted by Gasteiger charge is 2.28. The topological polar surface area (TPSA) is 169 Å². The van der Waals surface area contributed by atoms with Gasteiger partial charge >= 0.3 is 19.8 Å². The third-order valence-electron chi connectivity index (χ3n) is 7.99. The van der Waals surface area contributed by atoms with E-state index in [1.165, 1.54) is 57.8 Å². The Labute approximate surface area is 296 Å². The monoisotopic (exact) mass is 717 g/mol. The fraction of sp³-hybridized carbons (Fsp3) is 0.811. The molecule has 0 aliphatic carbocycles. The molecule has 3 atom stereocenters. The van der Waals surface area contributed by atoms with Gasteiger partial charge in [0.15, 0.2) is 6.04 Å². The van der Waals surface area contributed by atoms with Crippen LogP contribution in [-0.4, -0.2) is 64.9 Å². The summed E-state index contributed by atoms with van der Waals surface area (Å²) >= 11 is 0. The van der Waals surface area contributed by atoms with Crippen molar-refractivity contribution in [3.8, 4) is 0 Å². The number of hydrogen-bond donors (Lipinski definition) is 4. The van der Waals surface area contributed by atoms with Crippen LogP contribution in [0.4, 0.5) is 0 Å². The fourth-order valence-electron chi connectivity index (χ4n) is 4.98. The van der Waals surface area contributed by atoms with Crippen LogP contribution in [0, 0.1) is 0 Å². The molecule has 49 heavy (non-hydrogen) atoms. The average Bonchev–Trinajstić information content (AvgIpc) is 3.07. The summed E-state index contributed by atoms with van der Waals surface area (Å²) in [5.74, 6) is -2.39. The van der Waals surface area contributed by atoms with E-state index in [4.69, 9.17) is 13.8 Å². The van der Waals surface area contributed by atoms with E-state index in [1.807, 2.05) is 0 Å². The smallest absolute Gasteiger partial charge is 0.472 e. The molecule has 0 rings (SSSR count). The molecule has 286 valence electrons. The van der Waals surface area contributed by atoms with Gasteiger partial charge in [-0.25, -0.2) is 9.36 Å². The molecule has 0 heterocycles. The predicted molar refractivity (Wildman–Crippen MR) is 194 cm³/mol. The fourth-order valence-corrected chi connectivity index (χ4v) is 5.75. The standard InChI is InChI=1S/C37H68NO10P/c1-3-5-7-9-11-13-15-16-17-19-21-23-25-27-29-36(41)46-30-33(39)31-47-49(44,45)48-32-34(37(42)43)38-35(40)28-26-24-22-20-18-14-12-10-8-6-4-2/h9,11,15-16,33-34,39H,3-8,10,12-14,17-32H2,1-2H3,(H,38,40)(H,42,43)(H,44,45)/b11-9-,16-15-. The van der Waals surface area contributed by atoms with Crippen LogP contribution in [0.3, 0.4) is 0 Å². The Balaban J connectivity index is 3.98. The van der Waals surface area contributed by atoms with Crippen molar-refractivity contribution >= 4 is 25.7 Å². The van der Waals surface area contributed by atoms with E-state index in [0.29, 0.717) is 12.8 Å². The molecule has 0 aromatic rings. The normalized spacial score (nSPS) is 14.2. The minimum Gasteiger partial charge on any atom is -0.480 e. The van der Waals surface area contributed by atoms with E-state index in [-0.39, 0.29) is 12.8 Å². The molecule has 1 amide bonds. The van der Waals surface area contributed by atoms with Crippen LogP contribution < -0.4 is 5.32 Å². The summed E-state index contributed by atoms with van der Waals surface area (Å²) in [5.41, 5.74) is 0. The molecule has 0 saturated carbocycles. The predicted octanol–water partition coefficient (Wildman–Crippen LogP) is 8.72. The molecule has 0 aromatic heterocycles. The Morgan fingerprint density at radius 2 is 1.14 bits per heavy atom. The molecule has 0 radical (unpaired) electrons. The number of nitrogens with one attached hydrogen (secondary N) is 1. The lowest BCUT2D eigenvalue weighted by atomic mass is 10.1. The van der Waals surface area contributed by atoms with Gasteiger partial charge in [-0.1, -0.05) is 134 Å². The maximum Gasteiger partial charge on any atom is 0.472 e. The van der Waals surface area contributed by atoms with E-state index >= 15 is 0 Å². The molecule has 4 N–H and O–H groups in total. The van der Waals surface area contributed by atoms with Crippen LogP contribution in [-0.2, 0) is 32.7 Å². The van der Waals surface area contributed by atoms with Crippen LogP contribution in [0.2, 0.25) is 0 Å². The Hall–Kier alpha value is -2.04. The lowest BCUT2D eigenvalue weighted by Gasteiger charge is -2.18. The first-order valence-corrected chi connectivity index (χ1v) is 20.4. The molecular formula is C37H68NO10P. The van der Waals surface area contributed by atoms with Gasteiger partial charge in [-0.2, -0.15) is 0 Å². The number of aliphatic hydroxyl groups excluding tert-OH is 1. The summed E-state index contributed by atoms with van der Waals surface area (Å²) in [4.78, 5) is 45.6. The third-order valence-corrected chi connectivity index (χ3v) is 8.94. The minimum atomic E-state index is -4.75. The van der Waals surface area contributed by atoms with Crippen molar-refractivity contribution in [2.24, 2.45) is 0 Å². The van der Waals surface area contributed by atoms with Crippen LogP contribution in [0.25, 0.3) is 0 Å². The van der Waals surface area contributed by atoms with E-state index in [9.17, 15) is 34.1 Å². The van der Waals surface area contributed by atoms with Crippen molar-refractivity contribution in [1.82, 2.24) is 5.32 Å². The summed E-state index contributed by atoms with van der Waals surface area (Å²) in [6.45, 7) is 2.50. The number of unbranched alkanes of at least 4 members (excludes halogenated alkanes) is 17. The Bertz CT molecular complexity index is 942. The van der Waals surface area contributed by atoms with Gasteiger partial charge in [0.2, 0.25) is 5.91 Å². The van der Waals surface area contributed by atoms with E-state index in [0.717, 1.165) is 64.2 Å². The van der Waals surface area contributed by atoms with Gasteiger partial charge in [-0.3, -0.25) is 18.6 Å². The molecule has 0 fully saturated rings. The summed E-state index contributed by atoms with van der Waals surface area (Å²) in [6, 6.07) is -1.54. The number of phosphoric acid groups is 1. The number of allylic oxidation sites excluding steroid dienone is 4. The largest absolute Gasteiger partial charge is 0.480 e. The van der Waals surface area contributed by atoms with E-state index in [1.54, 1.807) is 0 Å². The lowest BCUT2D eigenvalue weighted by Crippen LogP contribution is -2.43.